The van der Waals surface area contributed by atoms with Gasteiger partial charge in [-0.1, -0.05) is 117 Å². The summed E-state index contributed by atoms with van der Waals surface area (Å²) in [5, 5.41) is 7.63. The number of nitrogens with one attached hydrogen (secondary N) is 2. The molecular formula is C29H48B2N4Ti. The molecule has 2 aromatic rings. The van der Waals surface area contributed by atoms with Gasteiger partial charge in [0.15, 0.2) is 0 Å². The van der Waals surface area contributed by atoms with Crippen LogP contribution in [0, 0.1) is 0 Å². The third kappa shape index (κ3) is 11.6. The summed E-state index contributed by atoms with van der Waals surface area (Å²) in [6.07, 6.45) is 1.72. The predicted octanol–water partition coefficient (Wildman–Crippen LogP) is 7.25. The number of para-hydroxylation sites is 2. The van der Waals surface area contributed by atoms with Crippen LogP contribution in [0.4, 0.5) is 11.4 Å². The van der Waals surface area contributed by atoms with Crippen LogP contribution in [0.5, 0.6) is 0 Å². The molecule has 0 radical (unpaired) electrons. The Morgan fingerprint density at radius 3 is 1.19 bits per heavy atom. The first kappa shape index (κ1) is 34.3. The fourth-order valence-corrected chi connectivity index (χ4v) is 4.53. The van der Waals surface area contributed by atoms with E-state index in [0.717, 1.165) is 16.9 Å². The largest absolute Gasteiger partial charge is 0.413 e. The topological polar surface area (TPSA) is 30.5 Å². The maximum absolute atomic E-state index is 3.81. The Kier molecular flexibility index (Phi) is 16.8. The molecule has 2 N–H and O–H groups in total. The van der Waals surface area contributed by atoms with Crippen LogP contribution >= 0.6 is 0 Å². The summed E-state index contributed by atoms with van der Waals surface area (Å²) in [6, 6.07) is 22.7. The maximum atomic E-state index is 3.81. The van der Waals surface area contributed by atoms with Gasteiger partial charge in [-0.2, -0.15) is 0 Å². The van der Waals surface area contributed by atoms with Crippen LogP contribution in [0.25, 0.3) is 0 Å². The van der Waals surface area contributed by atoms with Gasteiger partial charge in [0.25, 0.3) is 0 Å². The maximum Gasteiger partial charge on any atom is 0.369 e. The fraction of sp³-hybridized carbons (Fsp3) is 0.448. The molecular weight excluding hydrogens is 474 g/mol. The number of rotatable bonds is 12. The van der Waals surface area contributed by atoms with Crippen molar-refractivity contribution >= 4 is 25.1 Å². The average molecular weight is 522 g/mol. The number of benzene rings is 2. The molecule has 0 bridgehead atoms. The molecule has 0 saturated carbocycles. The second-order valence-electron chi connectivity index (χ2n) is 10.2. The van der Waals surface area contributed by atoms with E-state index in [9.17, 15) is 0 Å². The van der Waals surface area contributed by atoms with Crippen molar-refractivity contribution in [3.8, 4) is 0 Å². The molecule has 0 atom stereocenters. The van der Waals surface area contributed by atoms with Crippen molar-refractivity contribution < 1.29 is 21.7 Å². The molecule has 0 aliphatic rings. The summed E-state index contributed by atoms with van der Waals surface area (Å²) in [7, 11) is 0. The second kappa shape index (κ2) is 17.7. The Morgan fingerprint density at radius 1 is 0.694 bits per heavy atom. The standard InChI is InChI=1S/C24H40B2N4.C5H8.Ti/c1-19(2)29(20(3)4)26(30(21(5)6)22(7)8)25(27-23-15-11-9-12-16-23)28-24-17-13-10-14-18-24;1-4-5(2)3;/h9-22,27-28H,1-8H3;4H,1-2H2,3H3;. The Hall–Kier alpha value is -1.72. The van der Waals surface area contributed by atoms with Crippen LogP contribution in [0.2, 0.25) is 0 Å². The molecule has 2 rings (SSSR count). The SMILES string of the molecule is C=CC(=C)C.CC(C)N(B(B(Nc1ccccc1)Nc1ccccc1)N(C(C)C)C(C)C)C(C)C.[Ti]. The number of nitrogens with zero attached hydrogens (tertiary/aromatic N) is 2. The molecule has 0 fully saturated rings. The number of hydrogen-bond donors (Lipinski definition) is 2. The molecule has 0 heterocycles. The molecule has 0 unspecified atom stereocenters. The van der Waals surface area contributed by atoms with Crippen molar-refractivity contribution in [2.75, 3.05) is 10.5 Å². The molecule has 0 amide bonds. The molecule has 0 aliphatic carbocycles. The van der Waals surface area contributed by atoms with Gasteiger partial charge in [0.05, 0.1) is 0 Å². The summed E-state index contributed by atoms with van der Waals surface area (Å²) in [4.78, 5) is 5.24. The van der Waals surface area contributed by atoms with Gasteiger partial charge in [-0.05, 0) is 55.4 Å². The van der Waals surface area contributed by atoms with Gasteiger partial charge in [-0.15, -0.1) is 0 Å². The molecule has 0 saturated heterocycles. The molecule has 194 valence electrons. The minimum Gasteiger partial charge on any atom is -0.413 e. The molecule has 4 nitrogen and oxygen atoms in total. The van der Waals surface area contributed by atoms with E-state index in [2.05, 4.69) is 149 Å². The summed E-state index contributed by atoms with van der Waals surface area (Å²) in [5.41, 5.74) is 3.26. The van der Waals surface area contributed by atoms with Gasteiger partial charge in [-0.25, -0.2) is 0 Å². The van der Waals surface area contributed by atoms with Gasteiger partial charge in [0, 0.05) is 33.1 Å². The van der Waals surface area contributed by atoms with Gasteiger partial charge < -0.3 is 20.1 Å². The first-order chi connectivity index (χ1) is 16.5. The fourth-order valence-electron chi connectivity index (χ4n) is 4.53. The summed E-state index contributed by atoms with van der Waals surface area (Å²) >= 11 is 0. The van der Waals surface area contributed by atoms with Crippen molar-refractivity contribution in [1.29, 1.82) is 0 Å². The van der Waals surface area contributed by atoms with Gasteiger partial charge in [-0.3, -0.25) is 0 Å². The normalized spacial score (nSPS) is 10.8. The van der Waals surface area contributed by atoms with Crippen LogP contribution < -0.4 is 10.5 Å². The second-order valence-corrected chi connectivity index (χ2v) is 10.2. The van der Waals surface area contributed by atoms with Crippen LogP contribution in [0.15, 0.2) is 85.5 Å². The van der Waals surface area contributed by atoms with Gasteiger partial charge >= 0.3 is 13.7 Å². The van der Waals surface area contributed by atoms with Crippen LogP contribution in [-0.2, 0) is 21.7 Å². The van der Waals surface area contributed by atoms with E-state index >= 15 is 0 Å². The van der Waals surface area contributed by atoms with Crippen molar-refractivity contribution in [2.24, 2.45) is 0 Å². The van der Waals surface area contributed by atoms with Crippen molar-refractivity contribution in [2.45, 2.75) is 86.5 Å². The molecule has 7 heteroatoms. The Balaban J connectivity index is 0.00000185. The average Bonchev–Trinajstić information content (AvgIpc) is 2.79. The van der Waals surface area contributed by atoms with E-state index in [1.54, 1.807) is 6.08 Å². The molecule has 0 spiro atoms. The molecule has 36 heavy (non-hydrogen) atoms. The van der Waals surface area contributed by atoms with E-state index < -0.39 is 0 Å². The van der Waals surface area contributed by atoms with Crippen molar-refractivity contribution in [3.63, 3.8) is 0 Å². The number of hydrogen-bond acceptors (Lipinski definition) is 4. The Labute approximate surface area is 238 Å². The third-order valence-corrected chi connectivity index (χ3v) is 5.83. The molecule has 0 aromatic heterocycles. The quantitative estimate of drug-likeness (QED) is 0.227. The monoisotopic (exact) mass is 522 g/mol. The van der Waals surface area contributed by atoms with Crippen molar-refractivity contribution in [3.05, 3.63) is 85.5 Å². The van der Waals surface area contributed by atoms with Gasteiger partial charge in [0.1, 0.15) is 0 Å². The number of anilines is 2. The molecule has 0 aliphatic heterocycles. The zero-order valence-electron chi connectivity index (χ0n) is 24.1. The van der Waals surface area contributed by atoms with Crippen LogP contribution in [0.3, 0.4) is 0 Å². The smallest absolute Gasteiger partial charge is 0.369 e. The van der Waals surface area contributed by atoms with E-state index in [4.69, 9.17) is 0 Å². The first-order valence-corrected chi connectivity index (χ1v) is 13.0. The minimum absolute atomic E-state index is 0. The summed E-state index contributed by atoms with van der Waals surface area (Å²) in [5.74, 6) is 0. The first-order valence-electron chi connectivity index (χ1n) is 13.0. The number of allylic oxidation sites excluding steroid dienone is 2. The zero-order chi connectivity index (χ0) is 26.5. The third-order valence-electron chi connectivity index (χ3n) is 5.83. The predicted molar refractivity (Wildman–Crippen MR) is 161 cm³/mol. The summed E-state index contributed by atoms with van der Waals surface area (Å²) < 4.78 is 0. The van der Waals surface area contributed by atoms with Crippen molar-refractivity contribution in [1.82, 2.24) is 9.62 Å². The van der Waals surface area contributed by atoms with Crippen LogP contribution in [-0.4, -0.2) is 47.5 Å². The van der Waals surface area contributed by atoms with E-state index in [-0.39, 0.29) is 35.5 Å². The Bertz CT molecular complexity index is 783. The molecule has 2 aromatic carbocycles. The zero-order valence-corrected chi connectivity index (χ0v) is 25.7. The van der Waals surface area contributed by atoms with E-state index in [1.165, 1.54) is 0 Å². The van der Waals surface area contributed by atoms with Crippen LogP contribution in [0.1, 0.15) is 62.3 Å². The summed E-state index contributed by atoms with van der Waals surface area (Å²) in [6.45, 7) is 27.5. The van der Waals surface area contributed by atoms with Gasteiger partial charge in [0.2, 0.25) is 0 Å². The minimum atomic E-state index is 0. The van der Waals surface area contributed by atoms with E-state index in [1.807, 2.05) is 6.92 Å². The van der Waals surface area contributed by atoms with E-state index in [0.29, 0.717) is 24.2 Å². The Morgan fingerprint density at radius 2 is 0.972 bits per heavy atom.